The van der Waals surface area contributed by atoms with Gasteiger partial charge in [0.1, 0.15) is 5.76 Å². The molecular weight excluding hydrogens is 421 g/mol. The summed E-state index contributed by atoms with van der Waals surface area (Å²) in [6.07, 6.45) is 1.02. The van der Waals surface area contributed by atoms with Gasteiger partial charge in [-0.3, -0.25) is 15.1 Å². The van der Waals surface area contributed by atoms with Crippen molar-refractivity contribution in [2.45, 2.75) is 31.1 Å². The predicted octanol–water partition coefficient (Wildman–Crippen LogP) is 4.79. The van der Waals surface area contributed by atoms with Crippen molar-refractivity contribution in [3.8, 4) is 0 Å². The molecule has 1 fully saturated rings. The predicted molar refractivity (Wildman–Crippen MR) is 115 cm³/mol. The number of anilines is 2. The first kappa shape index (κ1) is 21.9. The molecule has 1 amide bonds. The lowest BCUT2D eigenvalue weighted by atomic mass is 10.0. The third kappa shape index (κ3) is 5.28. The van der Waals surface area contributed by atoms with E-state index in [1.165, 1.54) is 24.6 Å². The van der Waals surface area contributed by atoms with E-state index in [-0.39, 0.29) is 17.7 Å². The van der Waals surface area contributed by atoms with Crippen LogP contribution in [-0.4, -0.2) is 36.2 Å². The summed E-state index contributed by atoms with van der Waals surface area (Å²) in [6, 6.07) is 11.5. The maximum absolute atomic E-state index is 13.5. The first-order valence-corrected chi connectivity index (χ1v) is 10.3. The molecule has 1 aromatic carbocycles. The first-order valence-electron chi connectivity index (χ1n) is 10.3. The Labute approximate surface area is 183 Å². The van der Waals surface area contributed by atoms with Crippen molar-refractivity contribution in [3.63, 3.8) is 0 Å². The van der Waals surface area contributed by atoms with Crippen molar-refractivity contribution >= 4 is 17.3 Å². The van der Waals surface area contributed by atoms with Crippen molar-refractivity contribution in [2.24, 2.45) is 0 Å². The third-order valence-electron chi connectivity index (χ3n) is 5.45. The molecule has 4 rings (SSSR count). The molecule has 3 heterocycles. The Morgan fingerprint density at radius 1 is 1.12 bits per heavy atom. The Morgan fingerprint density at radius 3 is 2.59 bits per heavy atom. The van der Waals surface area contributed by atoms with Gasteiger partial charge in [-0.2, -0.15) is 13.2 Å². The lowest BCUT2D eigenvalue weighted by Gasteiger charge is -2.36. The molecule has 2 aromatic heterocycles. The summed E-state index contributed by atoms with van der Waals surface area (Å²) in [5, 5.41) is 5.57. The molecule has 1 aliphatic heterocycles. The van der Waals surface area contributed by atoms with E-state index in [4.69, 9.17) is 4.42 Å². The second kappa shape index (κ2) is 9.44. The minimum absolute atomic E-state index is 0.128. The minimum Gasteiger partial charge on any atom is -0.467 e. The third-order valence-corrected chi connectivity index (χ3v) is 5.45. The number of carbonyl (C=O) groups excluding carboxylic acids is 1. The fourth-order valence-corrected chi connectivity index (χ4v) is 3.81. The highest BCUT2D eigenvalue weighted by atomic mass is 19.4. The summed E-state index contributed by atoms with van der Waals surface area (Å²) in [5.41, 5.74) is 2.01. The maximum Gasteiger partial charge on any atom is 0.411 e. The molecule has 1 saturated heterocycles. The van der Waals surface area contributed by atoms with E-state index in [0.717, 1.165) is 5.69 Å². The normalized spacial score (nSPS) is 16.0. The number of aromatic nitrogens is 1. The van der Waals surface area contributed by atoms with Crippen molar-refractivity contribution in [3.05, 3.63) is 78.5 Å². The number of nitrogens with one attached hydrogen (secondary N) is 2. The van der Waals surface area contributed by atoms with Crippen LogP contribution in [0.5, 0.6) is 0 Å². The second-order valence-corrected chi connectivity index (χ2v) is 7.66. The lowest BCUT2D eigenvalue weighted by molar-refractivity contribution is -0.163. The number of rotatable bonds is 6. The van der Waals surface area contributed by atoms with Gasteiger partial charge in [0.15, 0.2) is 6.04 Å². The van der Waals surface area contributed by atoms with Crippen molar-refractivity contribution in [1.29, 1.82) is 0 Å². The van der Waals surface area contributed by atoms with Gasteiger partial charge in [-0.15, -0.1) is 0 Å². The second-order valence-electron chi connectivity index (χ2n) is 7.66. The van der Waals surface area contributed by atoms with Crippen LogP contribution in [0.25, 0.3) is 0 Å². The van der Waals surface area contributed by atoms with Crippen molar-refractivity contribution in [1.82, 2.24) is 10.3 Å². The summed E-state index contributed by atoms with van der Waals surface area (Å²) in [7, 11) is 0. The number of amides is 1. The fourth-order valence-electron chi connectivity index (χ4n) is 3.81. The van der Waals surface area contributed by atoms with Gasteiger partial charge in [-0.1, -0.05) is 6.07 Å². The van der Waals surface area contributed by atoms with E-state index in [1.807, 2.05) is 18.2 Å². The molecule has 0 spiro atoms. The number of pyridine rings is 1. The molecule has 1 atom stereocenters. The zero-order chi connectivity index (χ0) is 22.6. The number of piperidine rings is 1. The molecule has 3 aromatic rings. The standard InChI is InChI=1S/C23H23F3N4O2/c24-23(25,26)21(20-7-3-13-32-20)28-17-8-11-30(12-9-17)19-6-1-5-18(14-19)29-22(31)16-4-2-10-27-15-16/h1-7,10,13-15,17,21,28H,8-9,11-12H2,(H,29,31). The highest BCUT2D eigenvalue weighted by molar-refractivity contribution is 6.04. The van der Waals surface area contributed by atoms with Crippen LogP contribution in [0.15, 0.2) is 71.6 Å². The molecule has 0 radical (unpaired) electrons. The molecular formula is C23H23F3N4O2. The van der Waals surface area contributed by atoms with Gasteiger partial charge in [0.2, 0.25) is 0 Å². The van der Waals surface area contributed by atoms with Crippen LogP contribution in [0.2, 0.25) is 0 Å². The van der Waals surface area contributed by atoms with Crippen LogP contribution < -0.4 is 15.5 Å². The Kier molecular flexibility index (Phi) is 6.45. The van der Waals surface area contributed by atoms with Crippen molar-refractivity contribution in [2.75, 3.05) is 23.3 Å². The van der Waals surface area contributed by atoms with E-state index in [0.29, 0.717) is 37.2 Å². The fraction of sp³-hybridized carbons (Fsp3) is 0.304. The summed E-state index contributed by atoms with van der Waals surface area (Å²) in [6.45, 7) is 1.20. The Balaban J connectivity index is 1.36. The quantitative estimate of drug-likeness (QED) is 0.572. The molecule has 6 nitrogen and oxygen atoms in total. The molecule has 0 bridgehead atoms. The molecule has 2 N–H and O–H groups in total. The number of hydrogen-bond acceptors (Lipinski definition) is 5. The minimum atomic E-state index is -4.43. The molecule has 32 heavy (non-hydrogen) atoms. The Bertz CT molecular complexity index is 1020. The van der Waals surface area contributed by atoms with Gasteiger partial charge in [0.25, 0.3) is 5.91 Å². The average molecular weight is 444 g/mol. The average Bonchev–Trinajstić information content (AvgIpc) is 3.32. The van der Waals surface area contributed by atoms with Gasteiger partial charge in [-0.25, -0.2) is 0 Å². The highest BCUT2D eigenvalue weighted by Gasteiger charge is 2.44. The smallest absolute Gasteiger partial charge is 0.411 e. The molecule has 1 aliphatic rings. The lowest BCUT2D eigenvalue weighted by Crippen LogP contribution is -2.47. The number of benzene rings is 1. The summed E-state index contributed by atoms with van der Waals surface area (Å²) < 4.78 is 45.4. The van der Waals surface area contributed by atoms with E-state index < -0.39 is 12.2 Å². The van der Waals surface area contributed by atoms with Gasteiger partial charge in [0.05, 0.1) is 11.8 Å². The molecule has 168 valence electrons. The Hall–Kier alpha value is -3.33. The topological polar surface area (TPSA) is 70.4 Å². The van der Waals surface area contributed by atoms with Crippen LogP contribution >= 0.6 is 0 Å². The van der Waals surface area contributed by atoms with E-state index >= 15 is 0 Å². The van der Waals surface area contributed by atoms with Crippen LogP contribution in [0, 0.1) is 0 Å². The summed E-state index contributed by atoms with van der Waals surface area (Å²) in [5.74, 6) is -0.383. The van der Waals surface area contributed by atoms with Gasteiger partial charge in [-0.05, 0) is 55.3 Å². The largest absolute Gasteiger partial charge is 0.467 e. The van der Waals surface area contributed by atoms with Crippen molar-refractivity contribution < 1.29 is 22.4 Å². The Morgan fingerprint density at radius 2 is 1.94 bits per heavy atom. The number of halogens is 3. The molecule has 1 unspecified atom stereocenters. The zero-order valence-electron chi connectivity index (χ0n) is 17.2. The van der Waals surface area contributed by atoms with Crippen LogP contribution in [0.1, 0.15) is 35.0 Å². The van der Waals surface area contributed by atoms with E-state index in [1.54, 1.807) is 24.4 Å². The maximum atomic E-state index is 13.5. The summed E-state index contributed by atoms with van der Waals surface area (Å²) >= 11 is 0. The number of carbonyl (C=O) groups is 1. The van der Waals surface area contributed by atoms with E-state index in [2.05, 4.69) is 20.5 Å². The van der Waals surface area contributed by atoms with Crippen LogP contribution in [0.4, 0.5) is 24.5 Å². The van der Waals surface area contributed by atoms with Gasteiger partial charge >= 0.3 is 6.18 Å². The summed E-state index contributed by atoms with van der Waals surface area (Å²) in [4.78, 5) is 18.4. The SMILES string of the molecule is O=C(Nc1cccc(N2CCC(NC(c3ccco3)C(F)(F)F)CC2)c1)c1cccnc1. The number of nitrogens with zero attached hydrogens (tertiary/aromatic N) is 2. The first-order chi connectivity index (χ1) is 15.4. The number of furan rings is 1. The molecule has 0 aliphatic carbocycles. The monoisotopic (exact) mass is 444 g/mol. The highest BCUT2D eigenvalue weighted by Crippen LogP contribution is 2.34. The number of alkyl halides is 3. The zero-order valence-corrected chi connectivity index (χ0v) is 17.2. The van der Waals surface area contributed by atoms with Crippen LogP contribution in [0.3, 0.4) is 0 Å². The van der Waals surface area contributed by atoms with Crippen LogP contribution in [-0.2, 0) is 0 Å². The van der Waals surface area contributed by atoms with Gasteiger partial charge in [0, 0.05) is 42.9 Å². The van der Waals surface area contributed by atoms with Gasteiger partial charge < -0.3 is 14.6 Å². The van der Waals surface area contributed by atoms with E-state index in [9.17, 15) is 18.0 Å². The number of hydrogen-bond donors (Lipinski definition) is 2. The molecule has 0 saturated carbocycles. The molecule has 9 heteroatoms.